The molecular weight excluding hydrogens is 362 g/mol. The van der Waals surface area contributed by atoms with Gasteiger partial charge in [0.1, 0.15) is 5.69 Å². The van der Waals surface area contributed by atoms with Crippen molar-refractivity contribution < 1.29 is 9.53 Å². The maximum atomic E-state index is 12.6. The average Bonchev–Trinajstić information content (AvgIpc) is 3.24. The van der Waals surface area contributed by atoms with Crippen molar-refractivity contribution in [3.63, 3.8) is 0 Å². The summed E-state index contributed by atoms with van der Waals surface area (Å²) in [5, 5.41) is 4.59. The highest BCUT2D eigenvalue weighted by Crippen LogP contribution is 2.24. The van der Waals surface area contributed by atoms with Crippen molar-refractivity contribution in [3.8, 4) is 0 Å². The number of halogens is 1. The first-order valence-electron chi connectivity index (χ1n) is 9.09. The molecule has 1 amide bonds. The van der Waals surface area contributed by atoms with Gasteiger partial charge in [-0.3, -0.25) is 4.79 Å². The molecule has 27 heavy (non-hydrogen) atoms. The summed E-state index contributed by atoms with van der Waals surface area (Å²) in [6.07, 6.45) is 1.50. The number of hydrogen-bond donors (Lipinski definition) is 3. The summed E-state index contributed by atoms with van der Waals surface area (Å²) in [4.78, 5) is 15.7. The zero-order valence-corrected chi connectivity index (χ0v) is 15.6. The summed E-state index contributed by atoms with van der Waals surface area (Å²) >= 11 is 6.01. The minimum atomic E-state index is -0.161. The molecule has 1 aliphatic carbocycles. The van der Waals surface area contributed by atoms with Gasteiger partial charge in [-0.05, 0) is 42.7 Å². The molecule has 1 saturated carbocycles. The minimum absolute atomic E-state index is 0.0482. The second-order valence-corrected chi connectivity index (χ2v) is 7.48. The van der Waals surface area contributed by atoms with E-state index in [1.54, 1.807) is 12.1 Å². The Morgan fingerprint density at radius 2 is 2.00 bits per heavy atom. The Morgan fingerprint density at radius 3 is 2.81 bits per heavy atom. The van der Waals surface area contributed by atoms with Crippen molar-refractivity contribution in [2.24, 2.45) is 5.73 Å². The Kier molecular flexibility index (Phi) is 5.16. The van der Waals surface area contributed by atoms with Crippen molar-refractivity contribution in [1.29, 1.82) is 0 Å². The monoisotopic (exact) mass is 383 g/mol. The van der Waals surface area contributed by atoms with Crippen LogP contribution < -0.4 is 11.1 Å². The van der Waals surface area contributed by atoms with E-state index in [-0.39, 0.29) is 24.1 Å². The summed E-state index contributed by atoms with van der Waals surface area (Å²) in [7, 11) is 0. The van der Waals surface area contributed by atoms with E-state index in [9.17, 15) is 4.79 Å². The molecule has 0 spiro atoms. The zero-order chi connectivity index (χ0) is 18.8. The van der Waals surface area contributed by atoms with Crippen LogP contribution in [0.3, 0.4) is 0 Å². The quantitative estimate of drug-likeness (QED) is 0.629. The molecule has 1 fully saturated rings. The Labute approximate surface area is 162 Å². The number of fused-ring (bicyclic) bond motifs is 1. The van der Waals surface area contributed by atoms with Gasteiger partial charge in [-0.25, -0.2) is 0 Å². The van der Waals surface area contributed by atoms with Crippen LogP contribution in [-0.2, 0) is 11.3 Å². The number of hydrogen-bond acceptors (Lipinski definition) is 3. The number of carbonyl (C=O) groups excluding carboxylic acids is 1. The van der Waals surface area contributed by atoms with E-state index in [1.807, 2.05) is 42.5 Å². The van der Waals surface area contributed by atoms with Gasteiger partial charge < -0.3 is 20.8 Å². The SMILES string of the molecule is NC1CC(OCc2ccccc2)CC1NC(=O)c1cc2cc(Cl)ccc2[nH]1. The Hall–Kier alpha value is -2.34. The molecule has 5 nitrogen and oxygen atoms in total. The predicted octanol–water partition coefficient (Wildman–Crippen LogP) is 3.63. The van der Waals surface area contributed by atoms with Crippen molar-refractivity contribution >= 4 is 28.4 Å². The normalized spacial score (nSPS) is 22.2. The molecule has 0 bridgehead atoms. The van der Waals surface area contributed by atoms with Crippen LogP contribution in [0.15, 0.2) is 54.6 Å². The number of carbonyl (C=O) groups is 1. The summed E-state index contributed by atoms with van der Waals surface area (Å²) in [5.74, 6) is -0.161. The Bertz CT molecular complexity index is 941. The van der Waals surface area contributed by atoms with Crippen molar-refractivity contribution in [2.75, 3.05) is 0 Å². The van der Waals surface area contributed by atoms with Crippen LogP contribution in [0.25, 0.3) is 10.9 Å². The maximum absolute atomic E-state index is 12.6. The fourth-order valence-electron chi connectivity index (χ4n) is 3.58. The van der Waals surface area contributed by atoms with E-state index in [0.717, 1.165) is 22.9 Å². The molecular formula is C21H22ClN3O2. The molecule has 1 aromatic heterocycles. The molecule has 1 aliphatic rings. The van der Waals surface area contributed by atoms with Gasteiger partial charge in [0.2, 0.25) is 0 Å². The number of aromatic nitrogens is 1. The van der Waals surface area contributed by atoms with Gasteiger partial charge in [0.05, 0.1) is 12.7 Å². The van der Waals surface area contributed by atoms with E-state index < -0.39 is 0 Å². The largest absolute Gasteiger partial charge is 0.373 e. The van der Waals surface area contributed by atoms with E-state index in [4.69, 9.17) is 22.1 Å². The van der Waals surface area contributed by atoms with E-state index in [0.29, 0.717) is 23.7 Å². The van der Waals surface area contributed by atoms with Crippen molar-refractivity contribution in [2.45, 2.75) is 37.6 Å². The van der Waals surface area contributed by atoms with Crippen LogP contribution in [-0.4, -0.2) is 29.1 Å². The van der Waals surface area contributed by atoms with Crippen LogP contribution in [0.1, 0.15) is 28.9 Å². The molecule has 3 atom stereocenters. The highest BCUT2D eigenvalue weighted by atomic mass is 35.5. The van der Waals surface area contributed by atoms with E-state index in [1.165, 1.54) is 0 Å². The Morgan fingerprint density at radius 1 is 1.19 bits per heavy atom. The summed E-state index contributed by atoms with van der Waals surface area (Å²) in [5.41, 5.74) is 8.76. The van der Waals surface area contributed by atoms with Gasteiger partial charge in [-0.2, -0.15) is 0 Å². The topological polar surface area (TPSA) is 80.1 Å². The molecule has 0 aliphatic heterocycles. The van der Waals surface area contributed by atoms with Crippen molar-refractivity contribution in [1.82, 2.24) is 10.3 Å². The average molecular weight is 384 g/mol. The van der Waals surface area contributed by atoms with E-state index >= 15 is 0 Å². The number of nitrogens with two attached hydrogens (primary N) is 1. The third kappa shape index (κ3) is 4.16. The Balaban J connectivity index is 1.36. The van der Waals surface area contributed by atoms with Crippen LogP contribution in [0.2, 0.25) is 5.02 Å². The van der Waals surface area contributed by atoms with Crippen LogP contribution >= 0.6 is 11.6 Å². The number of amides is 1. The zero-order valence-electron chi connectivity index (χ0n) is 14.8. The molecule has 3 aromatic rings. The van der Waals surface area contributed by atoms with Crippen LogP contribution in [0.5, 0.6) is 0 Å². The van der Waals surface area contributed by atoms with E-state index in [2.05, 4.69) is 10.3 Å². The third-order valence-electron chi connectivity index (χ3n) is 5.04. The summed E-state index contributed by atoms with van der Waals surface area (Å²) in [6, 6.07) is 17.1. The molecule has 2 aromatic carbocycles. The number of aromatic amines is 1. The molecule has 0 saturated heterocycles. The van der Waals surface area contributed by atoms with Gasteiger partial charge in [0.25, 0.3) is 5.91 Å². The highest BCUT2D eigenvalue weighted by Gasteiger charge is 2.33. The number of H-pyrrole nitrogens is 1. The second kappa shape index (κ2) is 7.72. The molecule has 140 valence electrons. The molecule has 1 heterocycles. The van der Waals surface area contributed by atoms with Gasteiger partial charge in [0.15, 0.2) is 0 Å². The third-order valence-corrected chi connectivity index (χ3v) is 5.28. The predicted molar refractivity (Wildman–Crippen MR) is 107 cm³/mol. The first-order chi connectivity index (χ1) is 13.1. The number of nitrogens with one attached hydrogen (secondary N) is 2. The first-order valence-corrected chi connectivity index (χ1v) is 9.46. The second-order valence-electron chi connectivity index (χ2n) is 7.05. The summed E-state index contributed by atoms with van der Waals surface area (Å²) in [6.45, 7) is 0.557. The van der Waals surface area contributed by atoms with Crippen LogP contribution in [0.4, 0.5) is 0 Å². The standard InChI is InChI=1S/C21H22ClN3O2/c22-15-6-7-18-14(8-15)9-20(24-18)21(26)25-19-11-16(10-17(19)23)27-12-13-4-2-1-3-5-13/h1-9,16-17,19,24H,10-12,23H2,(H,25,26). The van der Waals surface area contributed by atoms with Gasteiger partial charge in [0, 0.05) is 28.0 Å². The molecule has 4 rings (SSSR count). The van der Waals surface area contributed by atoms with Crippen molar-refractivity contribution in [3.05, 3.63) is 70.9 Å². The molecule has 4 N–H and O–H groups in total. The molecule has 0 radical (unpaired) electrons. The fourth-order valence-corrected chi connectivity index (χ4v) is 3.76. The lowest BCUT2D eigenvalue weighted by Gasteiger charge is -2.16. The number of ether oxygens (including phenoxy) is 1. The smallest absolute Gasteiger partial charge is 0.268 e. The van der Waals surface area contributed by atoms with Gasteiger partial charge in [-0.1, -0.05) is 41.9 Å². The number of rotatable bonds is 5. The lowest BCUT2D eigenvalue weighted by Crippen LogP contribution is -2.44. The first kappa shape index (κ1) is 18.0. The fraction of sp³-hybridized carbons (Fsp3) is 0.286. The lowest BCUT2D eigenvalue weighted by atomic mass is 10.2. The highest BCUT2D eigenvalue weighted by molar-refractivity contribution is 6.31. The molecule has 3 unspecified atom stereocenters. The lowest BCUT2D eigenvalue weighted by molar-refractivity contribution is 0.0434. The number of benzene rings is 2. The molecule has 6 heteroatoms. The van der Waals surface area contributed by atoms with Gasteiger partial charge >= 0.3 is 0 Å². The summed E-state index contributed by atoms with van der Waals surface area (Å²) < 4.78 is 5.98. The van der Waals surface area contributed by atoms with Crippen LogP contribution in [0, 0.1) is 0 Å². The van der Waals surface area contributed by atoms with Gasteiger partial charge in [-0.15, -0.1) is 0 Å². The minimum Gasteiger partial charge on any atom is -0.373 e. The maximum Gasteiger partial charge on any atom is 0.268 e.